The van der Waals surface area contributed by atoms with Crippen LogP contribution in [0.5, 0.6) is 0 Å². The zero-order chi connectivity index (χ0) is 13.1. The Balaban J connectivity index is 2.26. The van der Waals surface area contributed by atoms with Gasteiger partial charge < -0.3 is 4.74 Å². The van der Waals surface area contributed by atoms with Gasteiger partial charge in [-0.3, -0.25) is 9.89 Å². The van der Waals surface area contributed by atoms with Gasteiger partial charge in [0.1, 0.15) is 4.47 Å². The molecule has 0 saturated heterocycles. The molecule has 0 saturated carbocycles. The van der Waals surface area contributed by atoms with Crippen molar-refractivity contribution in [1.82, 2.24) is 9.78 Å². The summed E-state index contributed by atoms with van der Waals surface area (Å²) >= 11 is 6.66. The first kappa shape index (κ1) is 13.6. The SMILES string of the molecule is COCc1[nH]n(Cc2ccc(Br)cc2)c(=O)c1Br. The van der Waals surface area contributed by atoms with Crippen molar-refractivity contribution in [1.29, 1.82) is 0 Å². The second-order valence-electron chi connectivity index (χ2n) is 3.86. The Kier molecular flexibility index (Phi) is 4.42. The largest absolute Gasteiger partial charge is 0.378 e. The first-order valence-electron chi connectivity index (χ1n) is 5.32. The summed E-state index contributed by atoms with van der Waals surface area (Å²) in [6, 6.07) is 7.85. The molecule has 4 nitrogen and oxygen atoms in total. The van der Waals surface area contributed by atoms with E-state index in [1.807, 2.05) is 24.3 Å². The number of halogens is 2. The number of nitrogens with zero attached hydrogens (tertiary/aromatic N) is 1. The van der Waals surface area contributed by atoms with Crippen LogP contribution in [-0.4, -0.2) is 16.9 Å². The number of methoxy groups -OCH3 is 1. The summed E-state index contributed by atoms with van der Waals surface area (Å²) in [4.78, 5) is 12.0. The van der Waals surface area contributed by atoms with Gasteiger partial charge >= 0.3 is 0 Å². The maximum absolute atomic E-state index is 12.0. The van der Waals surface area contributed by atoms with Crippen LogP contribution in [0.2, 0.25) is 0 Å². The lowest BCUT2D eigenvalue weighted by molar-refractivity contribution is 0.180. The second-order valence-corrected chi connectivity index (χ2v) is 5.56. The predicted molar refractivity (Wildman–Crippen MR) is 76.7 cm³/mol. The number of aromatic amines is 1. The van der Waals surface area contributed by atoms with Gasteiger partial charge in [-0.05, 0) is 33.6 Å². The standard InChI is InChI=1S/C12H12Br2N2O2/c1-18-7-10-11(14)12(17)16(15-10)6-8-2-4-9(13)5-3-8/h2-5,15H,6-7H2,1H3. The molecule has 6 heteroatoms. The summed E-state index contributed by atoms with van der Waals surface area (Å²) in [7, 11) is 1.59. The number of H-pyrrole nitrogens is 1. The van der Waals surface area contributed by atoms with Gasteiger partial charge in [-0.25, -0.2) is 4.68 Å². The van der Waals surface area contributed by atoms with Gasteiger partial charge in [-0.15, -0.1) is 0 Å². The highest BCUT2D eigenvalue weighted by Gasteiger charge is 2.11. The van der Waals surface area contributed by atoms with E-state index in [0.29, 0.717) is 17.6 Å². The summed E-state index contributed by atoms with van der Waals surface area (Å²) in [5, 5.41) is 3.03. The molecule has 0 unspecified atom stereocenters. The third-order valence-electron chi connectivity index (χ3n) is 2.51. The van der Waals surface area contributed by atoms with Crippen molar-refractivity contribution < 1.29 is 4.74 Å². The van der Waals surface area contributed by atoms with Crippen molar-refractivity contribution in [2.45, 2.75) is 13.2 Å². The normalized spacial score (nSPS) is 10.8. The maximum Gasteiger partial charge on any atom is 0.281 e. The minimum Gasteiger partial charge on any atom is -0.378 e. The minimum atomic E-state index is -0.0787. The summed E-state index contributed by atoms with van der Waals surface area (Å²) in [5.74, 6) is 0. The van der Waals surface area contributed by atoms with Crippen molar-refractivity contribution in [3.63, 3.8) is 0 Å². The molecule has 0 aliphatic carbocycles. The van der Waals surface area contributed by atoms with E-state index in [0.717, 1.165) is 15.7 Å². The van der Waals surface area contributed by atoms with Crippen molar-refractivity contribution >= 4 is 31.9 Å². The van der Waals surface area contributed by atoms with Crippen LogP contribution in [0.1, 0.15) is 11.3 Å². The van der Waals surface area contributed by atoms with Crippen LogP contribution in [0.15, 0.2) is 38.0 Å². The Morgan fingerprint density at radius 3 is 2.56 bits per heavy atom. The fourth-order valence-corrected chi connectivity index (χ4v) is 2.32. The Bertz CT molecular complexity index is 587. The number of nitrogens with one attached hydrogen (secondary N) is 1. The molecule has 0 spiro atoms. The Labute approximate surface area is 121 Å². The molecule has 0 amide bonds. The van der Waals surface area contributed by atoms with Crippen molar-refractivity contribution in [2.75, 3.05) is 7.11 Å². The molecule has 0 bridgehead atoms. The first-order chi connectivity index (χ1) is 8.61. The molecule has 2 aromatic rings. The molecule has 1 heterocycles. The summed E-state index contributed by atoms with van der Waals surface area (Å²) < 4.78 is 8.13. The Morgan fingerprint density at radius 1 is 1.28 bits per heavy atom. The molecule has 0 radical (unpaired) electrons. The average Bonchev–Trinajstić information content (AvgIpc) is 2.61. The van der Waals surface area contributed by atoms with Crippen LogP contribution < -0.4 is 5.56 Å². The lowest BCUT2D eigenvalue weighted by atomic mass is 10.2. The minimum absolute atomic E-state index is 0.0787. The van der Waals surface area contributed by atoms with E-state index in [-0.39, 0.29) is 5.56 Å². The molecule has 18 heavy (non-hydrogen) atoms. The Hall–Kier alpha value is -0.850. The molecule has 2 rings (SSSR count). The van der Waals surface area contributed by atoms with Crippen LogP contribution in [0, 0.1) is 0 Å². The number of hydrogen-bond donors (Lipinski definition) is 1. The van der Waals surface area contributed by atoms with E-state index < -0.39 is 0 Å². The van der Waals surface area contributed by atoms with Crippen LogP contribution in [0.3, 0.4) is 0 Å². The molecular formula is C12H12Br2N2O2. The number of rotatable bonds is 4. The molecule has 0 aliphatic heterocycles. The second kappa shape index (κ2) is 5.86. The van der Waals surface area contributed by atoms with Gasteiger partial charge in [0, 0.05) is 11.6 Å². The van der Waals surface area contributed by atoms with Crippen LogP contribution in [0.25, 0.3) is 0 Å². The number of hydrogen-bond acceptors (Lipinski definition) is 2. The average molecular weight is 376 g/mol. The summed E-state index contributed by atoms with van der Waals surface area (Å²) in [6.07, 6.45) is 0. The van der Waals surface area contributed by atoms with Crippen LogP contribution in [-0.2, 0) is 17.9 Å². The number of benzene rings is 1. The highest BCUT2D eigenvalue weighted by Crippen LogP contribution is 2.13. The fraction of sp³-hybridized carbons (Fsp3) is 0.250. The molecule has 96 valence electrons. The monoisotopic (exact) mass is 374 g/mol. The highest BCUT2D eigenvalue weighted by atomic mass is 79.9. The van der Waals surface area contributed by atoms with Crippen molar-refractivity contribution in [3.05, 3.63) is 54.8 Å². The number of aromatic nitrogens is 2. The molecule has 0 atom stereocenters. The van der Waals surface area contributed by atoms with Crippen LogP contribution in [0.4, 0.5) is 0 Å². The van der Waals surface area contributed by atoms with Gasteiger partial charge in [-0.1, -0.05) is 28.1 Å². The third kappa shape index (κ3) is 2.93. The van der Waals surface area contributed by atoms with E-state index in [4.69, 9.17) is 4.74 Å². The Morgan fingerprint density at radius 2 is 1.94 bits per heavy atom. The molecule has 1 N–H and O–H groups in total. The van der Waals surface area contributed by atoms with E-state index in [9.17, 15) is 4.79 Å². The highest BCUT2D eigenvalue weighted by molar-refractivity contribution is 9.10. The van der Waals surface area contributed by atoms with Gasteiger partial charge in [0.25, 0.3) is 5.56 Å². The van der Waals surface area contributed by atoms with Crippen molar-refractivity contribution in [3.8, 4) is 0 Å². The smallest absolute Gasteiger partial charge is 0.281 e. The zero-order valence-corrected chi connectivity index (χ0v) is 12.9. The van der Waals surface area contributed by atoms with E-state index in [1.54, 1.807) is 11.8 Å². The van der Waals surface area contributed by atoms with E-state index in [2.05, 4.69) is 37.0 Å². The van der Waals surface area contributed by atoms with E-state index >= 15 is 0 Å². The molecule has 1 aromatic carbocycles. The van der Waals surface area contributed by atoms with Gasteiger partial charge in [0.2, 0.25) is 0 Å². The molecule has 1 aromatic heterocycles. The first-order valence-corrected chi connectivity index (χ1v) is 6.91. The van der Waals surface area contributed by atoms with Gasteiger partial charge in [0.15, 0.2) is 0 Å². The van der Waals surface area contributed by atoms with E-state index in [1.165, 1.54) is 0 Å². The number of ether oxygens (including phenoxy) is 1. The summed E-state index contributed by atoms with van der Waals surface area (Å²) in [5.41, 5.74) is 1.72. The molecular weight excluding hydrogens is 364 g/mol. The van der Waals surface area contributed by atoms with Crippen LogP contribution >= 0.6 is 31.9 Å². The maximum atomic E-state index is 12.0. The lowest BCUT2D eigenvalue weighted by Gasteiger charge is -2.02. The molecule has 0 aliphatic rings. The quantitative estimate of drug-likeness (QED) is 0.893. The topological polar surface area (TPSA) is 47.0 Å². The fourth-order valence-electron chi connectivity index (χ4n) is 1.63. The molecule has 0 fully saturated rings. The summed E-state index contributed by atoms with van der Waals surface area (Å²) in [6.45, 7) is 0.886. The lowest BCUT2D eigenvalue weighted by Crippen LogP contribution is -2.17. The zero-order valence-electron chi connectivity index (χ0n) is 9.74. The third-order valence-corrected chi connectivity index (χ3v) is 3.86. The van der Waals surface area contributed by atoms with Gasteiger partial charge in [-0.2, -0.15) is 0 Å². The van der Waals surface area contributed by atoms with Gasteiger partial charge in [0.05, 0.1) is 18.8 Å². The predicted octanol–water partition coefficient (Wildman–Crippen LogP) is 2.90. The van der Waals surface area contributed by atoms with Crippen molar-refractivity contribution in [2.24, 2.45) is 0 Å².